The first kappa shape index (κ1) is 23.0. The average molecular weight is 434 g/mol. The van der Waals surface area contributed by atoms with E-state index in [1.807, 2.05) is 19.1 Å². The highest BCUT2D eigenvalue weighted by molar-refractivity contribution is 7.89. The number of allylic oxidation sites excluding steroid dienone is 2. The number of fused-ring (bicyclic) bond motifs is 2. The monoisotopic (exact) mass is 433 g/mol. The molecule has 0 aromatic heterocycles. The second kappa shape index (κ2) is 8.83. The van der Waals surface area contributed by atoms with E-state index < -0.39 is 16.0 Å². The molecule has 1 N–H and O–H groups in total. The van der Waals surface area contributed by atoms with Crippen molar-refractivity contribution < 1.29 is 18.3 Å². The van der Waals surface area contributed by atoms with Crippen LogP contribution in [-0.4, -0.2) is 36.9 Å². The van der Waals surface area contributed by atoms with Crippen molar-refractivity contribution in [1.82, 2.24) is 4.31 Å². The number of carboxylic acid groups (broad SMARTS) is 1. The molecule has 0 heterocycles. The lowest BCUT2D eigenvalue weighted by atomic mass is 9.44. The molecule has 1 aromatic rings. The van der Waals surface area contributed by atoms with E-state index in [2.05, 4.69) is 26.0 Å². The van der Waals surface area contributed by atoms with Gasteiger partial charge in [0.05, 0.1) is 4.90 Å². The van der Waals surface area contributed by atoms with Gasteiger partial charge in [-0.1, -0.05) is 43.7 Å². The number of aryl methyl sites for hydroxylation is 1. The van der Waals surface area contributed by atoms with Gasteiger partial charge in [0.25, 0.3) is 0 Å². The van der Waals surface area contributed by atoms with E-state index in [0.29, 0.717) is 23.2 Å². The van der Waals surface area contributed by atoms with Gasteiger partial charge in [-0.05, 0) is 74.3 Å². The van der Waals surface area contributed by atoms with Crippen LogP contribution in [0, 0.1) is 30.1 Å². The molecule has 0 amide bonds. The largest absolute Gasteiger partial charge is 0.481 e. The van der Waals surface area contributed by atoms with Gasteiger partial charge in [-0.25, -0.2) is 8.42 Å². The fraction of sp³-hybridized carbons (Fsp3) is 0.625. The van der Waals surface area contributed by atoms with Crippen molar-refractivity contribution in [3.05, 3.63) is 42.0 Å². The van der Waals surface area contributed by atoms with Gasteiger partial charge in [-0.15, -0.1) is 0 Å². The molecule has 3 fully saturated rings. The molecule has 3 aliphatic carbocycles. The molecule has 0 radical (unpaired) electrons. The minimum absolute atomic E-state index is 0.00301. The van der Waals surface area contributed by atoms with E-state index in [1.165, 1.54) is 6.42 Å². The Bertz CT molecular complexity index is 888. The number of sulfonamides is 1. The molecule has 166 valence electrons. The van der Waals surface area contributed by atoms with Crippen LogP contribution in [0.1, 0.15) is 57.9 Å². The number of benzene rings is 1. The molecular weight excluding hydrogens is 398 g/mol. The maximum atomic E-state index is 13.3. The molecule has 6 heteroatoms. The Hall–Kier alpha value is -1.66. The van der Waals surface area contributed by atoms with Gasteiger partial charge in [0.15, 0.2) is 0 Å². The number of nitrogens with zero attached hydrogens (tertiary/aromatic N) is 1. The predicted molar refractivity (Wildman–Crippen MR) is 119 cm³/mol. The number of unbranched alkanes of at least 4 members (excludes halogenated alkanes) is 1. The average Bonchev–Trinajstić information content (AvgIpc) is 2.69. The summed E-state index contributed by atoms with van der Waals surface area (Å²) in [7, 11) is -1.80. The summed E-state index contributed by atoms with van der Waals surface area (Å²) in [5.41, 5.74) is 1.30. The summed E-state index contributed by atoms with van der Waals surface area (Å²) >= 11 is 0. The molecule has 0 unspecified atom stereocenters. The molecule has 5 nitrogen and oxygen atoms in total. The van der Waals surface area contributed by atoms with Crippen LogP contribution in [0.3, 0.4) is 0 Å². The number of hydrogen-bond donors (Lipinski definition) is 1. The highest BCUT2D eigenvalue weighted by Crippen LogP contribution is 2.63. The Balaban J connectivity index is 1.75. The topological polar surface area (TPSA) is 74.7 Å². The van der Waals surface area contributed by atoms with Crippen LogP contribution in [0.4, 0.5) is 0 Å². The highest BCUT2D eigenvalue weighted by atomic mass is 32.2. The summed E-state index contributed by atoms with van der Waals surface area (Å²) in [5.74, 6) is 0.603. The van der Waals surface area contributed by atoms with Crippen LogP contribution >= 0.6 is 0 Å². The van der Waals surface area contributed by atoms with Crippen molar-refractivity contribution in [3.8, 4) is 0 Å². The maximum Gasteiger partial charge on any atom is 0.303 e. The molecule has 1 aromatic carbocycles. The molecule has 3 saturated carbocycles. The fourth-order valence-electron chi connectivity index (χ4n) is 5.45. The van der Waals surface area contributed by atoms with Crippen molar-refractivity contribution in [1.29, 1.82) is 0 Å². The van der Waals surface area contributed by atoms with E-state index in [-0.39, 0.29) is 23.8 Å². The van der Waals surface area contributed by atoms with Crippen LogP contribution in [0.2, 0.25) is 0 Å². The highest BCUT2D eigenvalue weighted by Gasteiger charge is 2.58. The smallest absolute Gasteiger partial charge is 0.303 e. The number of rotatable bonds is 9. The van der Waals surface area contributed by atoms with Crippen molar-refractivity contribution in [2.45, 2.75) is 70.2 Å². The minimum Gasteiger partial charge on any atom is -0.481 e. The summed E-state index contributed by atoms with van der Waals surface area (Å²) < 4.78 is 28.2. The van der Waals surface area contributed by atoms with Gasteiger partial charge in [0.2, 0.25) is 10.0 Å². The predicted octanol–water partition coefficient (Wildman–Crippen LogP) is 4.87. The third kappa shape index (κ3) is 4.50. The number of hydrogen-bond acceptors (Lipinski definition) is 3. The first-order chi connectivity index (χ1) is 14.0. The Labute approximate surface area is 181 Å². The van der Waals surface area contributed by atoms with Crippen LogP contribution in [0.15, 0.2) is 41.3 Å². The lowest BCUT2D eigenvalue weighted by molar-refractivity contribution is -0.137. The van der Waals surface area contributed by atoms with Crippen molar-refractivity contribution in [2.75, 3.05) is 7.05 Å². The van der Waals surface area contributed by atoms with Gasteiger partial charge < -0.3 is 5.11 Å². The van der Waals surface area contributed by atoms with E-state index in [0.717, 1.165) is 24.8 Å². The summed E-state index contributed by atoms with van der Waals surface area (Å²) in [6.45, 7) is 6.59. The fourth-order valence-corrected chi connectivity index (χ4v) is 6.87. The van der Waals surface area contributed by atoms with Gasteiger partial charge in [0.1, 0.15) is 0 Å². The van der Waals surface area contributed by atoms with Crippen LogP contribution in [-0.2, 0) is 14.8 Å². The molecule has 3 aliphatic rings. The summed E-state index contributed by atoms with van der Waals surface area (Å²) in [6.07, 6.45) is 8.70. The molecule has 30 heavy (non-hydrogen) atoms. The van der Waals surface area contributed by atoms with E-state index >= 15 is 0 Å². The second-order valence-electron chi connectivity index (χ2n) is 9.65. The second-order valence-corrected chi connectivity index (χ2v) is 11.7. The standard InChI is InChI=1S/C24H35NO4S/c1-17-11-13-19(14-12-17)30(28,29)25(4)22-16-18-15-21(24(18,2)3)20(22)9-7-5-6-8-10-23(26)27/h5,7,11-14,18,20-22H,6,8-10,15-16H2,1-4H3,(H,26,27)/b7-5-/t18-,20+,21+,22+/m1/s1. The Morgan fingerprint density at radius 2 is 1.87 bits per heavy atom. The molecule has 0 spiro atoms. The van der Waals surface area contributed by atoms with Gasteiger partial charge >= 0.3 is 5.97 Å². The lowest BCUT2D eigenvalue weighted by Crippen LogP contribution is -2.61. The van der Waals surface area contributed by atoms with Crippen molar-refractivity contribution in [2.24, 2.45) is 23.2 Å². The lowest BCUT2D eigenvalue weighted by Gasteiger charge is -2.63. The SMILES string of the molecule is Cc1ccc(S(=O)(=O)N(C)[C@H]2C[C@H]3C[C@@H]([C@@H]2C/C=C\CCCC(=O)O)C3(C)C)cc1. The van der Waals surface area contributed by atoms with Crippen LogP contribution in [0.25, 0.3) is 0 Å². The third-order valence-corrected chi connectivity index (χ3v) is 9.48. The minimum atomic E-state index is -3.53. The zero-order valence-corrected chi connectivity index (χ0v) is 19.4. The van der Waals surface area contributed by atoms with Crippen LogP contribution in [0.5, 0.6) is 0 Å². The molecule has 0 saturated heterocycles. The Morgan fingerprint density at radius 1 is 1.20 bits per heavy atom. The molecule has 2 bridgehead atoms. The number of aliphatic carboxylic acids is 1. The zero-order valence-electron chi connectivity index (χ0n) is 18.5. The maximum absolute atomic E-state index is 13.3. The van der Waals surface area contributed by atoms with E-state index in [4.69, 9.17) is 5.11 Å². The molecule has 4 rings (SSSR count). The van der Waals surface area contributed by atoms with E-state index in [9.17, 15) is 13.2 Å². The van der Waals surface area contributed by atoms with Crippen LogP contribution < -0.4 is 0 Å². The van der Waals surface area contributed by atoms with Crippen molar-refractivity contribution in [3.63, 3.8) is 0 Å². The first-order valence-corrected chi connectivity index (χ1v) is 12.4. The summed E-state index contributed by atoms with van der Waals surface area (Å²) in [6, 6.07) is 7.09. The zero-order chi connectivity index (χ0) is 22.1. The molecular formula is C24H35NO4S. The Morgan fingerprint density at radius 3 is 2.47 bits per heavy atom. The van der Waals surface area contributed by atoms with E-state index in [1.54, 1.807) is 23.5 Å². The van der Waals surface area contributed by atoms with Gasteiger partial charge in [-0.3, -0.25) is 4.79 Å². The molecule has 4 atom stereocenters. The quantitative estimate of drug-likeness (QED) is 0.445. The third-order valence-electron chi connectivity index (χ3n) is 7.58. The summed E-state index contributed by atoms with van der Waals surface area (Å²) in [5, 5.41) is 8.77. The Kier molecular flexibility index (Phi) is 6.78. The number of carbonyl (C=O) groups is 1. The van der Waals surface area contributed by atoms with Crippen molar-refractivity contribution >= 4 is 16.0 Å². The first-order valence-electron chi connectivity index (χ1n) is 11.0. The molecule has 0 aliphatic heterocycles. The number of carboxylic acids is 1. The normalized spacial score (nSPS) is 27.9. The van der Waals surface area contributed by atoms with Gasteiger partial charge in [-0.2, -0.15) is 4.31 Å². The summed E-state index contributed by atoms with van der Waals surface area (Å²) in [4.78, 5) is 11.0. The van der Waals surface area contributed by atoms with Gasteiger partial charge in [0, 0.05) is 19.5 Å².